The zero-order valence-electron chi connectivity index (χ0n) is 10.9. The van der Waals surface area contributed by atoms with Gasteiger partial charge in [0.2, 0.25) is 10.0 Å². The molecule has 2 aromatic rings. The third-order valence-corrected chi connectivity index (χ3v) is 5.30. The quantitative estimate of drug-likeness (QED) is 0.839. The van der Waals surface area contributed by atoms with Crippen LogP contribution < -0.4 is 4.72 Å². The van der Waals surface area contributed by atoms with E-state index in [1.54, 1.807) is 19.1 Å². The number of aromatic carboxylic acids is 1. The minimum atomic E-state index is -3.89. The fraction of sp³-hybridized carbons (Fsp3) is 0.154. The van der Waals surface area contributed by atoms with E-state index in [2.05, 4.69) is 20.7 Å². The van der Waals surface area contributed by atoms with Crippen molar-refractivity contribution in [3.05, 3.63) is 52.4 Å². The summed E-state index contributed by atoms with van der Waals surface area (Å²) in [7, 11) is -3.89. The van der Waals surface area contributed by atoms with Crippen LogP contribution in [-0.4, -0.2) is 19.5 Å². The van der Waals surface area contributed by atoms with Crippen LogP contribution >= 0.6 is 15.9 Å². The van der Waals surface area contributed by atoms with Gasteiger partial charge in [-0.25, -0.2) is 17.9 Å². The molecule has 0 aliphatic carbocycles. The molecule has 0 spiro atoms. The zero-order chi connectivity index (χ0) is 15.6. The molecule has 0 saturated heterocycles. The summed E-state index contributed by atoms with van der Waals surface area (Å²) in [5.41, 5.74) is -0.107. The fourth-order valence-corrected chi connectivity index (χ4v) is 3.94. The Balaban J connectivity index is 2.35. The average Bonchev–Trinajstić information content (AvgIpc) is 2.92. The standard InChI is InChI=1S/C13H12BrNO5S/c1-8(11-3-2-6-20-11)15-21(18,19)12-7-9(13(16)17)4-5-10(12)14/h2-8,15H,1H3,(H,16,17)/t8-/m0/s1. The Morgan fingerprint density at radius 1 is 1.38 bits per heavy atom. The third-order valence-electron chi connectivity index (χ3n) is 2.77. The number of carboxylic acids is 1. The van der Waals surface area contributed by atoms with Crippen LogP contribution in [0.3, 0.4) is 0 Å². The van der Waals surface area contributed by atoms with Crippen molar-refractivity contribution in [1.29, 1.82) is 0 Å². The van der Waals surface area contributed by atoms with Crippen molar-refractivity contribution in [2.24, 2.45) is 0 Å². The maximum absolute atomic E-state index is 12.4. The first kappa shape index (κ1) is 15.7. The van der Waals surface area contributed by atoms with Crippen molar-refractivity contribution < 1.29 is 22.7 Å². The molecule has 112 valence electrons. The van der Waals surface area contributed by atoms with Gasteiger partial charge in [-0.15, -0.1) is 0 Å². The molecule has 21 heavy (non-hydrogen) atoms. The molecule has 0 aliphatic heterocycles. The highest BCUT2D eigenvalue weighted by molar-refractivity contribution is 9.10. The number of furan rings is 1. The van der Waals surface area contributed by atoms with Crippen LogP contribution in [0.25, 0.3) is 0 Å². The van der Waals surface area contributed by atoms with E-state index in [0.29, 0.717) is 5.76 Å². The maximum atomic E-state index is 12.4. The first-order valence-corrected chi connectivity index (χ1v) is 8.17. The summed E-state index contributed by atoms with van der Waals surface area (Å²) >= 11 is 3.12. The Kier molecular flexibility index (Phi) is 4.50. The molecule has 2 rings (SSSR count). The van der Waals surface area contributed by atoms with Gasteiger partial charge in [0.1, 0.15) is 5.76 Å². The lowest BCUT2D eigenvalue weighted by Gasteiger charge is -2.13. The molecule has 1 aromatic carbocycles. The van der Waals surface area contributed by atoms with Gasteiger partial charge < -0.3 is 9.52 Å². The molecule has 0 fully saturated rings. The molecule has 0 saturated carbocycles. The maximum Gasteiger partial charge on any atom is 0.335 e. The zero-order valence-corrected chi connectivity index (χ0v) is 13.3. The van der Waals surface area contributed by atoms with Crippen molar-refractivity contribution in [1.82, 2.24) is 4.72 Å². The monoisotopic (exact) mass is 373 g/mol. The second-order valence-electron chi connectivity index (χ2n) is 4.31. The van der Waals surface area contributed by atoms with Crippen molar-refractivity contribution in [2.45, 2.75) is 17.9 Å². The largest absolute Gasteiger partial charge is 0.478 e. The molecule has 0 aliphatic rings. The van der Waals surface area contributed by atoms with Gasteiger partial charge in [-0.05, 0) is 53.2 Å². The molecule has 0 amide bonds. The molecule has 1 heterocycles. The lowest BCUT2D eigenvalue weighted by atomic mass is 10.2. The Hall–Kier alpha value is -1.64. The van der Waals surface area contributed by atoms with Crippen LogP contribution in [0.5, 0.6) is 0 Å². The number of sulfonamides is 1. The highest BCUT2D eigenvalue weighted by Crippen LogP contribution is 2.25. The summed E-state index contributed by atoms with van der Waals surface area (Å²) in [4.78, 5) is 10.8. The summed E-state index contributed by atoms with van der Waals surface area (Å²) in [6, 6.07) is 6.53. The van der Waals surface area contributed by atoms with Crippen molar-refractivity contribution >= 4 is 31.9 Å². The van der Waals surface area contributed by atoms with Gasteiger partial charge in [0.15, 0.2) is 0 Å². The summed E-state index contributed by atoms with van der Waals surface area (Å²) in [5.74, 6) is -0.734. The second kappa shape index (κ2) is 6.00. The van der Waals surface area contributed by atoms with Crippen LogP contribution in [0.2, 0.25) is 0 Å². The van der Waals surface area contributed by atoms with E-state index >= 15 is 0 Å². The SMILES string of the molecule is C[C@H](NS(=O)(=O)c1cc(C(=O)O)ccc1Br)c1ccco1. The number of halogens is 1. The van der Waals surface area contributed by atoms with E-state index in [-0.39, 0.29) is 14.9 Å². The summed E-state index contributed by atoms with van der Waals surface area (Å²) in [6.07, 6.45) is 1.45. The summed E-state index contributed by atoms with van der Waals surface area (Å²) in [6.45, 7) is 1.63. The van der Waals surface area contributed by atoms with Crippen LogP contribution in [0.1, 0.15) is 29.1 Å². The molecule has 1 atom stereocenters. The minimum Gasteiger partial charge on any atom is -0.478 e. The molecule has 6 nitrogen and oxygen atoms in total. The number of hydrogen-bond acceptors (Lipinski definition) is 4. The van der Waals surface area contributed by atoms with E-state index in [1.165, 1.54) is 18.4 Å². The highest BCUT2D eigenvalue weighted by Gasteiger charge is 2.23. The Bertz CT molecular complexity index is 755. The second-order valence-corrected chi connectivity index (χ2v) is 6.85. The third kappa shape index (κ3) is 3.52. The number of hydrogen-bond donors (Lipinski definition) is 2. The average molecular weight is 374 g/mol. The van der Waals surface area contributed by atoms with Gasteiger partial charge >= 0.3 is 5.97 Å². The number of rotatable bonds is 5. The van der Waals surface area contributed by atoms with Crippen LogP contribution in [0.15, 0.2) is 50.4 Å². The first-order valence-electron chi connectivity index (χ1n) is 5.90. The molecule has 0 bridgehead atoms. The number of benzene rings is 1. The van der Waals surface area contributed by atoms with Crippen LogP contribution in [-0.2, 0) is 10.0 Å². The van der Waals surface area contributed by atoms with Gasteiger partial charge in [-0.3, -0.25) is 0 Å². The van der Waals surface area contributed by atoms with Crippen molar-refractivity contribution in [2.75, 3.05) is 0 Å². The lowest BCUT2D eigenvalue weighted by Crippen LogP contribution is -2.27. The molecular formula is C13H12BrNO5S. The van der Waals surface area contributed by atoms with Gasteiger partial charge in [0.25, 0.3) is 0 Å². The Labute approximate surface area is 130 Å². The predicted molar refractivity (Wildman–Crippen MR) is 78.5 cm³/mol. The molecule has 0 unspecified atom stereocenters. The van der Waals surface area contributed by atoms with E-state index in [9.17, 15) is 13.2 Å². The Morgan fingerprint density at radius 3 is 2.67 bits per heavy atom. The van der Waals surface area contributed by atoms with Gasteiger partial charge in [-0.2, -0.15) is 0 Å². The van der Waals surface area contributed by atoms with Crippen molar-refractivity contribution in [3.8, 4) is 0 Å². The van der Waals surface area contributed by atoms with E-state index in [1.807, 2.05) is 0 Å². The number of carboxylic acid groups (broad SMARTS) is 1. The van der Waals surface area contributed by atoms with Crippen LogP contribution in [0, 0.1) is 0 Å². The van der Waals surface area contributed by atoms with Gasteiger partial charge in [-0.1, -0.05) is 0 Å². The Morgan fingerprint density at radius 2 is 2.10 bits per heavy atom. The van der Waals surface area contributed by atoms with Crippen molar-refractivity contribution in [3.63, 3.8) is 0 Å². The summed E-state index contributed by atoms with van der Waals surface area (Å²) < 4.78 is 32.6. The predicted octanol–water partition coefficient (Wildman–Crippen LogP) is 2.78. The molecule has 1 aromatic heterocycles. The van der Waals surface area contributed by atoms with Gasteiger partial charge in [0.05, 0.1) is 22.8 Å². The molecular weight excluding hydrogens is 362 g/mol. The molecule has 0 radical (unpaired) electrons. The highest BCUT2D eigenvalue weighted by atomic mass is 79.9. The topological polar surface area (TPSA) is 96.6 Å². The first-order chi connectivity index (χ1) is 9.81. The van der Waals surface area contributed by atoms with Gasteiger partial charge in [0, 0.05) is 4.47 Å². The summed E-state index contributed by atoms with van der Waals surface area (Å²) in [5, 5.41) is 8.95. The number of carbonyl (C=O) groups is 1. The minimum absolute atomic E-state index is 0.107. The molecule has 2 N–H and O–H groups in total. The normalized spacial score (nSPS) is 13.0. The van der Waals surface area contributed by atoms with E-state index < -0.39 is 22.0 Å². The van der Waals surface area contributed by atoms with Crippen LogP contribution in [0.4, 0.5) is 0 Å². The van der Waals surface area contributed by atoms with E-state index in [0.717, 1.165) is 6.07 Å². The molecule has 8 heteroatoms. The lowest BCUT2D eigenvalue weighted by molar-refractivity contribution is 0.0696. The smallest absolute Gasteiger partial charge is 0.335 e. The van der Waals surface area contributed by atoms with E-state index in [4.69, 9.17) is 9.52 Å². The number of nitrogens with one attached hydrogen (secondary N) is 1. The fourth-order valence-electron chi connectivity index (χ4n) is 1.73.